The van der Waals surface area contributed by atoms with E-state index in [0.29, 0.717) is 5.56 Å². The number of aromatic amines is 1. The number of para-hydroxylation sites is 1. The summed E-state index contributed by atoms with van der Waals surface area (Å²) < 4.78 is 0. The van der Waals surface area contributed by atoms with E-state index in [9.17, 15) is 4.79 Å². The SMILES string of the molecule is O=C(N/N=C\c1c[nH]c2ccccc12)c1ccc(N2CCCC2)cc1. The number of H-pyrrole nitrogens is 1. The van der Waals surface area contributed by atoms with E-state index in [1.54, 1.807) is 6.21 Å². The zero-order valence-corrected chi connectivity index (χ0v) is 13.9. The van der Waals surface area contributed by atoms with Crippen LogP contribution in [0.4, 0.5) is 5.69 Å². The molecule has 1 amide bonds. The monoisotopic (exact) mass is 332 g/mol. The number of rotatable bonds is 4. The molecule has 3 aromatic rings. The lowest BCUT2D eigenvalue weighted by molar-refractivity contribution is 0.0955. The second kappa shape index (κ2) is 6.81. The number of nitrogens with one attached hydrogen (secondary N) is 2. The number of amides is 1. The van der Waals surface area contributed by atoms with Gasteiger partial charge in [0, 0.05) is 47.0 Å². The molecule has 0 spiro atoms. The molecule has 1 aliphatic heterocycles. The molecular formula is C20H20N4O. The van der Waals surface area contributed by atoms with Crippen molar-refractivity contribution in [1.82, 2.24) is 10.4 Å². The van der Waals surface area contributed by atoms with Crippen LogP contribution in [0, 0.1) is 0 Å². The van der Waals surface area contributed by atoms with Crippen LogP contribution in [0.2, 0.25) is 0 Å². The third-order valence-electron chi connectivity index (χ3n) is 4.59. The van der Waals surface area contributed by atoms with Crippen LogP contribution in [0.25, 0.3) is 10.9 Å². The molecule has 0 bridgehead atoms. The first-order valence-corrected chi connectivity index (χ1v) is 8.56. The number of hydrazone groups is 1. The van der Waals surface area contributed by atoms with Crippen molar-refractivity contribution in [3.05, 3.63) is 65.9 Å². The van der Waals surface area contributed by atoms with E-state index in [0.717, 1.165) is 29.6 Å². The topological polar surface area (TPSA) is 60.5 Å². The Balaban J connectivity index is 1.41. The molecule has 1 saturated heterocycles. The van der Waals surface area contributed by atoms with Crippen LogP contribution in [0.15, 0.2) is 59.8 Å². The molecule has 1 fully saturated rings. The van der Waals surface area contributed by atoms with Gasteiger partial charge in [-0.25, -0.2) is 5.43 Å². The average molecular weight is 332 g/mol. The molecule has 126 valence electrons. The Morgan fingerprint density at radius 3 is 2.64 bits per heavy atom. The molecule has 25 heavy (non-hydrogen) atoms. The highest BCUT2D eigenvalue weighted by Crippen LogP contribution is 2.20. The average Bonchev–Trinajstić information content (AvgIpc) is 3.32. The lowest BCUT2D eigenvalue weighted by Crippen LogP contribution is -2.19. The fourth-order valence-corrected chi connectivity index (χ4v) is 3.22. The normalized spacial score (nSPS) is 14.5. The second-order valence-electron chi connectivity index (χ2n) is 6.23. The molecule has 2 heterocycles. The predicted molar refractivity (Wildman–Crippen MR) is 101 cm³/mol. The quantitative estimate of drug-likeness (QED) is 0.567. The maximum absolute atomic E-state index is 12.2. The van der Waals surface area contributed by atoms with Crippen LogP contribution in [0.1, 0.15) is 28.8 Å². The number of hydrogen-bond donors (Lipinski definition) is 2. The Labute approximate surface area is 146 Å². The number of carbonyl (C=O) groups is 1. The number of aromatic nitrogens is 1. The molecule has 1 aliphatic rings. The number of fused-ring (bicyclic) bond motifs is 1. The van der Waals surface area contributed by atoms with Gasteiger partial charge in [0.1, 0.15) is 0 Å². The van der Waals surface area contributed by atoms with E-state index in [2.05, 4.69) is 20.4 Å². The lowest BCUT2D eigenvalue weighted by Gasteiger charge is -2.17. The van der Waals surface area contributed by atoms with Crippen LogP contribution in [0.3, 0.4) is 0 Å². The fraction of sp³-hybridized carbons (Fsp3) is 0.200. The maximum atomic E-state index is 12.2. The third kappa shape index (κ3) is 3.26. The van der Waals surface area contributed by atoms with Gasteiger partial charge >= 0.3 is 0 Å². The molecule has 0 atom stereocenters. The molecule has 5 heteroatoms. The summed E-state index contributed by atoms with van der Waals surface area (Å²) in [5, 5.41) is 5.16. The fourth-order valence-electron chi connectivity index (χ4n) is 3.22. The molecular weight excluding hydrogens is 312 g/mol. The molecule has 2 aromatic carbocycles. The summed E-state index contributed by atoms with van der Waals surface area (Å²) in [5.74, 6) is -0.205. The van der Waals surface area contributed by atoms with Crippen LogP contribution in [-0.4, -0.2) is 30.2 Å². The smallest absolute Gasteiger partial charge is 0.271 e. The number of benzene rings is 2. The van der Waals surface area contributed by atoms with Crippen molar-refractivity contribution in [2.45, 2.75) is 12.8 Å². The van der Waals surface area contributed by atoms with Crippen molar-refractivity contribution < 1.29 is 4.79 Å². The Morgan fingerprint density at radius 1 is 1.08 bits per heavy atom. The van der Waals surface area contributed by atoms with Crippen LogP contribution in [-0.2, 0) is 0 Å². The van der Waals surface area contributed by atoms with Crippen LogP contribution >= 0.6 is 0 Å². The van der Waals surface area contributed by atoms with Gasteiger partial charge in [-0.1, -0.05) is 18.2 Å². The summed E-state index contributed by atoms with van der Waals surface area (Å²) in [6.45, 7) is 2.20. The van der Waals surface area contributed by atoms with E-state index in [4.69, 9.17) is 0 Å². The molecule has 0 saturated carbocycles. The van der Waals surface area contributed by atoms with E-state index in [1.165, 1.54) is 18.5 Å². The summed E-state index contributed by atoms with van der Waals surface area (Å²) in [5.41, 5.74) is 6.37. The number of anilines is 1. The van der Waals surface area contributed by atoms with Gasteiger partial charge in [-0.05, 0) is 43.2 Å². The number of hydrogen-bond acceptors (Lipinski definition) is 3. The predicted octanol–water partition coefficient (Wildman–Crippen LogP) is 3.53. The molecule has 5 nitrogen and oxygen atoms in total. The van der Waals surface area contributed by atoms with Gasteiger partial charge in [0.25, 0.3) is 5.91 Å². The minimum atomic E-state index is -0.205. The van der Waals surface area contributed by atoms with Crippen molar-refractivity contribution in [1.29, 1.82) is 0 Å². The van der Waals surface area contributed by atoms with Gasteiger partial charge in [0.2, 0.25) is 0 Å². The summed E-state index contributed by atoms with van der Waals surface area (Å²) in [6.07, 6.45) is 6.02. The zero-order valence-electron chi connectivity index (χ0n) is 13.9. The second-order valence-corrected chi connectivity index (χ2v) is 6.23. The van der Waals surface area contributed by atoms with E-state index >= 15 is 0 Å². The molecule has 1 aromatic heterocycles. The highest BCUT2D eigenvalue weighted by molar-refractivity contribution is 6.00. The summed E-state index contributed by atoms with van der Waals surface area (Å²) in [6, 6.07) is 15.7. The van der Waals surface area contributed by atoms with Gasteiger partial charge in [0.05, 0.1) is 6.21 Å². The maximum Gasteiger partial charge on any atom is 0.271 e. The highest BCUT2D eigenvalue weighted by atomic mass is 16.2. The zero-order chi connectivity index (χ0) is 17.1. The van der Waals surface area contributed by atoms with Crippen molar-refractivity contribution in [3.8, 4) is 0 Å². The number of carbonyl (C=O) groups excluding carboxylic acids is 1. The molecule has 2 N–H and O–H groups in total. The minimum absolute atomic E-state index is 0.205. The lowest BCUT2D eigenvalue weighted by atomic mass is 10.2. The van der Waals surface area contributed by atoms with Crippen molar-refractivity contribution in [2.75, 3.05) is 18.0 Å². The van der Waals surface area contributed by atoms with E-state index in [1.807, 2.05) is 54.7 Å². The van der Waals surface area contributed by atoms with Gasteiger partial charge in [0.15, 0.2) is 0 Å². The first-order chi connectivity index (χ1) is 12.3. The summed E-state index contributed by atoms with van der Waals surface area (Å²) in [4.78, 5) is 17.7. The Morgan fingerprint density at radius 2 is 1.84 bits per heavy atom. The van der Waals surface area contributed by atoms with Crippen LogP contribution in [0.5, 0.6) is 0 Å². The minimum Gasteiger partial charge on any atom is -0.372 e. The third-order valence-corrected chi connectivity index (χ3v) is 4.59. The van der Waals surface area contributed by atoms with Crippen molar-refractivity contribution in [2.24, 2.45) is 5.10 Å². The van der Waals surface area contributed by atoms with E-state index < -0.39 is 0 Å². The molecule has 0 radical (unpaired) electrons. The van der Waals surface area contributed by atoms with Gasteiger partial charge in [-0.15, -0.1) is 0 Å². The molecule has 0 aliphatic carbocycles. The first-order valence-electron chi connectivity index (χ1n) is 8.56. The van der Waals surface area contributed by atoms with Gasteiger partial charge in [-0.3, -0.25) is 4.79 Å². The summed E-state index contributed by atoms with van der Waals surface area (Å²) >= 11 is 0. The Kier molecular flexibility index (Phi) is 4.21. The van der Waals surface area contributed by atoms with Gasteiger partial charge < -0.3 is 9.88 Å². The Bertz CT molecular complexity index is 905. The van der Waals surface area contributed by atoms with Gasteiger partial charge in [-0.2, -0.15) is 5.10 Å². The standard InChI is InChI=1S/C20H20N4O/c25-20(15-7-9-17(10-8-15)24-11-3-4-12-24)23-22-14-16-13-21-19-6-2-1-5-18(16)19/h1-2,5-10,13-14,21H,3-4,11-12H2,(H,23,25)/b22-14-. The van der Waals surface area contributed by atoms with Crippen molar-refractivity contribution >= 4 is 28.7 Å². The Hall–Kier alpha value is -3.08. The molecule has 4 rings (SSSR count). The van der Waals surface area contributed by atoms with Crippen molar-refractivity contribution in [3.63, 3.8) is 0 Å². The van der Waals surface area contributed by atoms with E-state index in [-0.39, 0.29) is 5.91 Å². The van der Waals surface area contributed by atoms with Crippen LogP contribution < -0.4 is 10.3 Å². The molecule has 0 unspecified atom stereocenters. The largest absolute Gasteiger partial charge is 0.372 e. The number of nitrogens with zero attached hydrogens (tertiary/aromatic N) is 2. The first kappa shape index (κ1) is 15.4. The highest BCUT2D eigenvalue weighted by Gasteiger charge is 2.12. The summed E-state index contributed by atoms with van der Waals surface area (Å²) in [7, 11) is 0.